The predicted molar refractivity (Wildman–Crippen MR) is 95.8 cm³/mol. The number of hydrogen-bond acceptors (Lipinski definition) is 4. The molecule has 0 radical (unpaired) electrons. The molecule has 0 spiro atoms. The van der Waals surface area contributed by atoms with E-state index in [1.165, 1.54) is 12.8 Å². The van der Waals surface area contributed by atoms with Gasteiger partial charge in [-0.25, -0.2) is 4.79 Å². The summed E-state index contributed by atoms with van der Waals surface area (Å²) in [5, 5.41) is 3.04. The first-order valence-corrected chi connectivity index (χ1v) is 8.72. The van der Waals surface area contributed by atoms with Crippen LogP contribution in [-0.4, -0.2) is 29.0 Å². The second-order valence-corrected chi connectivity index (χ2v) is 6.38. The normalized spacial score (nSPS) is 15.4. The third-order valence-corrected chi connectivity index (χ3v) is 4.57. The van der Waals surface area contributed by atoms with Crippen molar-refractivity contribution in [2.45, 2.75) is 44.6 Å². The van der Waals surface area contributed by atoms with Crippen LogP contribution in [0.3, 0.4) is 0 Å². The van der Waals surface area contributed by atoms with Crippen molar-refractivity contribution in [1.82, 2.24) is 15.3 Å². The van der Waals surface area contributed by atoms with Gasteiger partial charge >= 0.3 is 5.69 Å². The molecule has 0 aliphatic heterocycles. The smallest absolute Gasteiger partial charge is 0.346 e. The Bertz CT molecular complexity index is 775. The van der Waals surface area contributed by atoms with E-state index in [2.05, 4.69) is 15.3 Å². The summed E-state index contributed by atoms with van der Waals surface area (Å²) in [6, 6.07) is 9.01. The maximum absolute atomic E-state index is 12.5. The molecule has 1 fully saturated rings. The SMILES string of the molecule is COc1ccc(-c2cc(C(=O)NC3CCCCCC3)[nH]c(=O)n2)cc1. The fourth-order valence-electron chi connectivity index (χ4n) is 3.18. The van der Waals surface area contributed by atoms with Crippen LogP contribution in [0.1, 0.15) is 49.0 Å². The van der Waals surface area contributed by atoms with E-state index in [0.29, 0.717) is 5.69 Å². The number of nitrogens with zero attached hydrogens (tertiary/aromatic N) is 1. The van der Waals surface area contributed by atoms with Gasteiger partial charge in [-0.2, -0.15) is 4.98 Å². The molecule has 1 aromatic heterocycles. The Morgan fingerprint density at radius 2 is 1.84 bits per heavy atom. The summed E-state index contributed by atoms with van der Waals surface area (Å²) in [7, 11) is 1.59. The first-order chi connectivity index (χ1) is 12.2. The van der Waals surface area contributed by atoms with Gasteiger partial charge in [-0.3, -0.25) is 4.79 Å². The molecule has 132 valence electrons. The molecule has 6 nitrogen and oxygen atoms in total. The quantitative estimate of drug-likeness (QED) is 0.838. The number of amides is 1. The number of H-pyrrole nitrogens is 1. The number of hydrogen-bond donors (Lipinski definition) is 2. The van der Waals surface area contributed by atoms with E-state index in [4.69, 9.17) is 4.74 Å². The zero-order valence-electron chi connectivity index (χ0n) is 14.4. The van der Waals surface area contributed by atoms with Crippen molar-refractivity contribution >= 4 is 5.91 Å². The van der Waals surface area contributed by atoms with E-state index in [1.807, 2.05) is 12.1 Å². The van der Waals surface area contributed by atoms with Gasteiger partial charge in [-0.15, -0.1) is 0 Å². The standard InChI is InChI=1S/C19H23N3O3/c1-25-15-10-8-13(9-11-15)16-12-17(22-19(24)21-16)18(23)20-14-6-4-2-3-5-7-14/h8-12,14H,2-7H2,1H3,(H,20,23)(H,21,22,24). The third kappa shape index (κ3) is 4.47. The summed E-state index contributed by atoms with van der Waals surface area (Å²) >= 11 is 0. The minimum Gasteiger partial charge on any atom is -0.497 e. The Morgan fingerprint density at radius 1 is 1.16 bits per heavy atom. The predicted octanol–water partition coefficient (Wildman–Crippen LogP) is 2.90. The molecule has 1 heterocycles. The number of nitrogens with one attached hydrogen (secondary N) is 2. The molecule has 1 aromatic carbocycles. The van der Waals surface area contributed by atoms with Gasteiger partial charge in [0.15, 0.2) is 0 Å². The Kier molecular flexibility index (Phi) is 5.48. The van der Waals surface area contributed by atoms with Crippen LogP contribution in [0, 0.1) is 0 Å². The molecule has 6 heteroatoms. The number of carbonyl (C=O) groups is 1. The maximum atomic E-state index is 12.5. The summed E-state index contributed by atoms with van der Waals surface area (Å²) in [6.45, 7) is 0. The number of rotatable bonds is 4. The maximum Gasteiger partial charge on any atom is 0.346 e. The van der Waals surface area contributed by atoms with E-state index in [1.54, 1.807) is 25.3 Å². The van der Waals surface area contributed by atoms with Gasteiger partial charge < -0.3 is 15.0 Å². The number of ether oxygens (including phenoxy) is 1. The van der Waals surface area contributed by atoms with Crippen LogP contribution < -0.4 is 15.7 Å². The highest BCUT2D eigenvalue weighted by Crippen LogP contribution is 2.21. The minimum atomic E-state index is -0.528. The Morgan fingerprint density at radius 3 is 2.48 bits per heavy atom. The zero-order chi connectivity index (χ0) is 17.6. The van der Waals surface area contributed by atoms with E-state index < -0.39 is 5.69 Å². The average molecular weight is 341 g/mol. The molecule has 1 aliphatic carbocycles. The van der Waals surface area contributed by atoms with Crippen LogP contribution >= 0.6 is 0 Å². The van der Waals surface area contributed by atoms with Gasteiger partial charge in [-0.05, 0) is 43.2 Å². The van der Waals surface area contributed by atoms with Crippen molar-refractivity contribution in [3.8, 4) is 17.0 Å². The molecule has 25 heavy (non-hydrogen) atoms. The molecule has 0 atom stereocenters. The number of carbonyl (C=O) groups excluding carboxylic acids is 1. The first kappa shape index (κ1) is 17.2. The molecular weight excluding hydrogens is 318 g/mol. The minimum absolute atomic E-state index is 0.177. The van der Waals surface area contributed by atoms with Crippen molar-refractivity contribution < 1.29 is 9.53 Å². The fourth-order valence-corrected chi connectivity index (χ4v) is 3.18. The third-order valence-electron chi connectivity index (χ3n) is 4.57. The number of methoxy groups -OCH3 is 1. The van der Waals surface area contributed by atoms with Crippen LogP contribution in [0.2, 0.25) is 0 Å². The molecule has 3 rings (SSSR count). The van der Waals surface area contributed by atoms with Gasteiger partial charge in [-0.1, -0.05) is 25.7 Å². The van der Waals surface area contributed by atoms with Crippen LogP contribution in [0.25, 0.3) is 11.3 Å². The topological polar surface area (TPSA) is 84.1 Å². The van der Waals surface area contributed by atoms with Gasteiger partial charge in [0.05, 0.1) is 12.8 Å². The zero-order valence-corrected chi connectivity index (χ0v) is 14.4. The number of benzene rings is 1. The van der Waals surface area contributed by atoms with Crippen molar-refractivity contribution in [2.75, 3.05) is 7.11 Å². The Balaban J connectivity index is 1.80. The van der Waals surface area contributed by atoms with Crippen molar-refractivity contribution in [2.24, 2.45) is 0 Å². The average Bonchev–Trinajstić information content (AvgIpc) is 2.90. The summed E-state index contributed by atoms with van der Waals surface area (Å²) in [5.74, 6) is 0.473. The summed E-state index contributed by atoms with van der Waals surface area (Å²) in [5.41, 5.74) is 0.947. The number of aromatic nitrogens is 2. The molecule has 2 aromatic rings. The molecule has 1 aliphatic rings. The molecule has 1 saturated carbocycles. The van der Waals surface area contributed by atoms with Crippen molar-refractivity contribution in [3.05, 3.63) is 46.5 Å². The Hall–Kier alpha value is -2.63. The van der Waals surface area contributed by atoms with Gasteiger partial charge in [0.25, 0.3) is 5.91 Å². The van der Waals surface area contributed by atoms with Crippen LogP contribution in [0.5, 0.6) is 5.75 Å². The summed E-state index contributed by atoms with van der Waals surface area (Å²) in [4.78, 5) is 30.9. The highest BCUT2D eigenvalue weighted by molar-refractivity contribution is 5.93. The highest BCUT2D eigenvalue weighted by Gasteiger charge is 2.17. The fraction of sp³-hybridized carbons (Fsp3) is 0.421. The van der Waals surface area contributed by atoms with E-state index in [9.17, 15) is 9.59 Å². The van der Waals surface area contributed by atoms with Gasteiger partial charge in [0, 0.05) is 11.6 Å². The van der Waals surface area contributed by atoms with Crippen LogP contribution in [-0.2, 0) is 0 Å². The van der Waals surface area contributed by atoms with Crippen LogP contribution in [0.4, 0.5) is 0 Å². The van der Waals surface area contributed by atoms with Gasteiger partial charge in [0.2, 0.25) is 0 Å². The van der Waals surface area contributed by atoms with Crippen molar-refractivity contribution in [3.63, 3.8) is 0 Å². The lowest BCUT2D eigenvalue weighted by Crippen LogP contribution is -2.36. The second-order valence-electron chi connectivity index (χ2n) is 6.38. The molecule has 1 amide bonds. The van der Waals surface area contributed by atoms with Crippen LogP contribution in [0.15, 0.2) is 35.1 Å². The summed E-state index contributed by atoms with van der Waals surface area (Å²) < 4.78 is 5.13. The number of aromatic amines is 1. The van der Waals surface area contributed by atoms with Gasteiger partial charge in [0.1, 0.15) is 11.4 Å². The molecular formula is C19H23N3O3. The van der Waals surface area contributed by atoms with E-state index >= 15 is 0 Å². The lowest BCUT2D eigenvalue weighted by Gasteiger charge is -2.16. The molecule has 0 bridgehead atoms. The Labute approximate surface area is 146 Å². The van der Waals surface area contributed by atoms with Crippen molar-refractivity contribution in [1.29, 1.82) is 0 Å². The molecule has 0 saturated heterocycles. The lowest BCUT2D eigenvalue weighted by atomic mass is 10.1. The monoisotopic (exact) mass is 341 g/mol. The molecule has 2 N–H and O–H groups in total. The lowest BCUT2D eigenvalue weighted by molar-refractivity contribution is 0.0928. The van der Waals surface area contributed by atoms with E-state index in [0.717, 1.165) is 37.0 Å². The largest absolute Gasteiger partial charge is 0.497 e. The van der Waals surface area contributed by atoms with E-state index in [-0.39, 0.29) is 17.6 Å². The summed E-state index contributed by atoms with van der Waals surface area (Å²) in [6.07, 6.45) is 6.70. The highest BCUT2D eigenvalue weighted by atomic mass is 16.5. The molecule has 0 unspecified atom stereocenters. The second kappa shape index (κ2) is 7.96. The first-order valence-electron chi connectivity index (χ1n) is 8.72.